The van der Waals surface area contributed by atoms with Gasteiger partial charge in [0.15, 0.2) is 0 Å². The second-order valence-corrected chi connectivity index (χ2v) is 4.62. The number of hydrogen-bond donors (Lipinski definition) is 4. The standard InChI is InChI=1S/C12H22N6O/c1-8(2)7-16-11(19)4-5-15-10-6-9(14-3)17-12(13)18-10/h6,8H,4-5,7H2,1-3H3,(H,16,19)(H4,13,14,15,17,18). The molecule has 1 heterocycles. The van der Waals surface area contributed by atoms with E-state index in [1.54, 1.807) is 13.1 Å². The Morgan fingerprint density at radius 1 is 1.37 bits per heavy atom. The minimum atomic E-state index is 0.0251. The number of aromatic nitrogens is 2. The fraction of sp³-hybridized carbons (Fsp3) is 0.583. The van der Waals surface area contributed by atoms with Crippen molar-refractivity contribution in [3.63, 3.8) is 0 Å². The van der Waals surface area contributed by atoms with Crippen molar-refractivity contribution < 1.29 is 4.79 Å². The molecule has 0 fully saturated rings. The summed E-state index contributed by atoms with van der Waals surface area (Å²) in [5, 5.41) is 8.79. The average Bonchev–Trinajstić information content (AvgIpc) is 2.35. The summed E-state index contributed by atoms with van der Waals surface area (Å²) in [6, 6.07) is 1.74. The molecule has 1 amide bonds. The molecule has 0 aliphatic rings. The van der Waals surface area contributed by atoms with E-state index >= 15 is 0 Å². The molecule has 19 heavy (non-hydrogen) atoms. The molecule has 1 aromatic rings. The third-order valence-corrected chi connectivity index (χ3v) is 2.37. The summed E-state index contributed by atoms with van der Waals surface area (Å²) in [5.74, 6) is 1.92. The molecule has 0 bridgehead atoms. The number of amides is 1. The van der Waals surface area contributed by atoms with Crippen molar-refractivity contribution in [2.75, 3.05) is 36.5 Å². The number of nitrogens with zero attached hydrogens (tertiary/aromatic N) is 2. The molecule has 0 aliphatic heterocycles. The molecule has 0 saturated heterocycles. The van der Waals surface area contributed by atoms with Crippen LogP contribution in [0.15, 0.2) is 6.07 Å². The highest BCUT2D eigenvalue weighted by atomic mass is 16.1. The van der Waals surface area contributed by atoms with Crippen molar-refractivity contribution in [3.8, 4) is 0 Å². The summed E-state index contributed by atoms with van der Waals surface area (Å²) >= 11 is 0. The summed E-state index contributed by atoms with van der Waals surface area (Å²) in [6.07, 6.45) is 0.394. The second-order valence-electron chi connectivity index (χ2n) is 4.62. The summed E-state index contributed by atoms with van der Waals surface area (Å²) in [5.41, 5.74) is 5.57. The quantitative estimate of drug-likeness (QED) is 0.578. The molecule has 7 nitrogen and oxygen atoms in total. The van der Waals surface area contributed by atoms with Crippen LogP contribution in [0, 0.1) is 5.92 Å². The van der Waals surface area contributed by atoms with Crippen molar-refractivity contribution >= 4 is 23.5 Å². The van der Waals surface area contributed by atoms with E-state index in [1.807, 2.05) is 0 Å². The Kier molecular flexibility index (Phi) is 5.84. The topological polar surface area (TPSA) is 105 Å². The number of rotatable bonds is 7. The van der Waals surface area contributed by atoms with E-state index in [2.05, 4.69) is 39.8 Å². The van der Waals surface area contributed by atoms with Gasteiger partial charge in [-0.15, -0.1) is 0 Å². The minimum Gasteiger partial charge on any atom is -0.373 e. The van der Waals surface area contributed by atoms with Crippen LogP contribution in [-0.4, -0.2) is 36.0 Å². The normalized spacial score (nSPS) is 10.3. The Balaban J connectivity index is 2.36. The number of nitrogens with two attached hydrogens (primary N) is 1. The van der Waals surface area contributed by atoms with E-state index < -0.39 is 0 Å². The number of carbonyl (C=O) groups excluding carboxylic acids is 1. The zero-order valence-electron chi connectivity index (χ0n) is 11.7. The highest BCUT2D eigenvalue weighted by Gasteiger charge is 2.04. The van der Waals surface area contributed by atoms with Gasteiger partial charge in [0.25, 0.3) is 0 Å². The van der Waals surface area contributed by atoms with E-state index in [0.29, 0.717) is 37.1 Å². The Hall–Kier alpha value is -2.05. The zero-order valence-corrected chi connectivity index (χ0v) is 11.7. The molecule has 1 aromatic heterocycles. The predicted molar refractivity (Wildman–Crippen MR) is 76.9 cm³/mol. The van der Waals surface area contributed by atoms with Gasteiger partial charge in [-0.25, -0.2) is 0 Å². The summed E-state index contributed by atoms with van der Waals surface area (Å²) in [6.45, 7) is 5.32. The lowest BCUT2D eigenvalue weighted by atomic mass is 10.2. The molecule has 0 spiro atoms. The van der Waals surface area contributed by atoms with Crippen LogP contribution in [0.25, 0.3) is 0 Å². The van der Waals surface area contributed by atoms with Gasteiger partial charge in [-0.1, -0.05) is 13.8 Å². The van der Waals surface area contributed by atoms with E-state index in [0.717, 1.165) is 0 Å². The number of anilines is 3. The summed E-state index contributed by atoms with van der Waals surface area (Å²) in [7, 11) is 1.75. The van der Waals surface area contributed by atoms with Gasteiger partial charge < -0.3 is 21.7 Å². The molecule has 0 aromatic carbocycles. The van der Waals surface area contributed by atoms with Gasteiger partial charge >= 0.3 is 0 Å². The SMILES string of the molecule is CNc1cc(NCCC(=O)NCC(C)C)nc(N)n1. The lowest BCUT2D eigenvalue weighted by Gasteiger charge is -2.09. The van der Waals surface area contributed by atoms with Gasteiger partial charge in [0.2, 0.25) is 11.9 Å². The lowest BCUT2D eigenvalue weighted by molar-refractivity contribution is -0.120. The van der Waals surface area contributed by atoms with Crippen LogP contribution >= 0.6 is 0 Å². The van der Waals surface area contributed by atoms with Gasteiger partial charge in [-0.3, -0.25) is 4.79 Å². The molecule has 7 heteroatoms. The molecular weight excluding hydrogens is 244 g/mol. The third kappa shape index (κ3) is 5.89. The zero-order chi connectivity index (χ0) is 14.3. The first-order chi connectivity index (χ1) is 9.01. The maximum absolute atomic E-state index is 11.5. The molecule has 106 valence electrons. The number of nitrogens with one attached hydrogen (secondary N) is 3. The fourth-order valence-corrected chi connectivity index (χ4v) is 1.39. The van der Waals surface area contributed by atoms with Crippen LogP contribution in [0.3, 0.4) is 0 Å². The average molecular weight is 266 g/mol. The van der Waals surface area contributed by atoms with Gasteiger partial charge in [0.1, 0.15) is 11.6 Å². The fourth-order valence-electron chi connectivity index (χ4n) is 1.39. The first kappa shape index (κ1) is 15.0. The van der Waals surface area contributed by atoms with Crippen molar-refractivity contribution in [1.82, 2.24) is 15.3 Å². The molecular formula is C12H22N6O. The Morgan fingerprint density at radius 3 is 2.68 bits per heavy atom. The van der Waals surface area contributed by atoms with Crippen LogP contribution in [0.5, 0.6) is 0 Å². The van der Waals surface area contributed by atoms with Gasteiger partial charge in [0, 0.05) is 32.6 Å². The maximum Gasteiger partial charge on any atom is 0.223 e. The van der Waals surface area contributed by atoms with Crippen LogP contribution in [0.4, 0.5) is 17.6 Å². The minimum absolute atomic E-state index is 0.0251. The predicted octanol–water partition coefficient (Wildman–Crippen LogP) is 0.675. The van der Waals surface area contributed by atoms with E-state index in [4.69, 9.17) is 5.73 Å². The van der Waals surface area contributed by atoms with E-state index in [9.17, 15) is 4.79 Å². The molecule has 0 radical (unpaired) electrons. The van der Waals surface area contributed by atoms with Crippen molar-refractivity contribution in [2.45, 2.75) is 20.3 Å². The highest BCUT2D eigenvalue weighted by Crippen LogP contribution is 2.11. The second kappa shape index (κ2) is 7.40. The van der Waals surface area contributed by atoms with Crippen LogP contribution in [0.1, 0.15) is 20.3 Å². The molecule has 5 N–H and O–H groups in total. The van der Waals surface area contributed by atoms with Gasteiger partial charge in [0.05, 0.1) is 0 Å². The van der Waals surface area contributed by atoms with E-state index in [1.165, 1.54) is 0 Å². The first-order valence-electron chi connectivity index (χ1n) is 6.34. The summed E-state index contributed by atoms with van der Waals surface area (Å²) in [4.78, 5) is 19.5. The monoisotopic (exact) mass is 266 g/mol. The van der Waals surface area contributed by atoms with Crippen molar-refractivity contribution in [1.29, 1.82) is 0 Å². The smallest absolute Gasteiger partial charge is 0.223 e. The van der Waals surface area contributed by atoms with Gasteiger partial charge in [-0.05, 0) is 5.92 Å². The molecule has 0 atom stereocenters. The molecule has 0 saturated carbocycles. The van der Waals surface area contributed by atoms with Crippen LogP contribution < -0.4 is 21.7 Å². The highest BCUT2D eigenvalue weighted by molar-refractivity contribution is 5.76. The number of carbonyl (C=O) groups is 1. The lowest BCUT2D eigenvalue weighted by Crippen LogP contribution is -2.28. The van der Waals surface area contributed by atoms with Crippen molar-refractivity contribution in [3.05, 3.63) is 6.07 Å². The number of nitrogen functional groups attached to an aromatic ring is 1. The Morgan fingerprint density at radius 2 is 2.05 bits per heavy atom. The largest absolute Gasteiger partial charge is 0.373 e. The van der Waals surface area contributed by atoms with E-state index in [-0.39, 0.29) is 11.9 Å². The molecule has 0 unspecified atom stereocenters. The first-order valence-corrected chi connectivity index (χ1v) is 6.34. The Bertz CT molecular complexity index is 421. The van der Waals surface area contributed by atoms with Gasteiger partial charge in [-0.2, -0.15) is 9.97 Å². The number of hydrogen-bond acceptors (Lipinski definition) is 6. The maximum atomic E-state index is 11.5. The summed E-state index contributed by atoms with van der Waals surface area (Å²) < 4.78 is 0. The third-order valence-electron chi connectivity index (χ3n) is 2.37. The van der Waals surface area contributed by atoms with Crippen LogP contribution in [0.2, 0.25) is 0 Å². The van der Waals surface area contributed by atoms with Crippen molar-refractivity contribution in [2.24, 2.45) is 5.92 Å². The Labute approximate surface area is 113 Å². The van der Waals surface area contributed by atoms with Crippen LogP contribution in [-0.2, 0) is 4.79 Å². The molecule has 1 rings (SSSR count). The molecule has 0 aliphatic carbocycles.